The quantitative estimate of drug-likeness (QED) is 0.857. The molecule has 3 heteroatoms. The van der Waals surface area contributed by atoms with E-state index in [4.69, 9.17) is 4.74 Å². The molecular formula is C17H32N2O. The number of ether oxygens (including phenoxy) is 1. The molecule has 0 radical (unpaired) electrons. The Labute approximate surface area is 124 Å². The Morgan fingerprint density at radius 1 is 1.10 bits per heavy atom. The van der Waals surface area contributed by atoms with E-state index in [1.54, 1.807) is 0 Å². The monoisotopic (exact) mass is 280 g/mol. The SMILES string of the molecule is CCCNC1CC(C)CC(C)C1N1CC2CCC(C1)O2. The zero-order chi connectivity index (χ0) is 14.1. The van der Waals surface area contributed by atoms with E-state index in [9.17, 15) is 0 Å². The summed E-state index contributed by atoms with van der Waals surface area (Å²) in [5.41, 5.74) is 0. The van der Waals surface area contributed by atoms with Crippen LogP contribution in [0.1, 0.15) is 52.9 Å². The van der Waals surface area contributed by atoms with E-state index >= 15 is 0 Å². The van der Waals surface area contributed by atoms with Crippen molar-refractivity contribution in [3.63, 3.8) is 0 Å². The molecule has 2 aliphatic heterocycles. The molecule has 0 spiro atoms. The van der Waals surface area contributed by atoms with Gasteiger partial charge in [0.15, 0.2) is 0 Å². The first-order valence-corrected chi connectivity index (χ1v) is 8.80. The van der Waals surface area contributed by atoms with Gasteiger partial charge in [0.25, 0.3) is 0 Å². The molecule has 3 fully saturated rings. The van der Waals surface area contributed by atoms with Gasteiger partial charge >= 0.3 is 0 Å². The average molecular weight is 280 g/mol. The standard InChI is InChI=1S/C17H32N2O/c1-4-7-18-16-9-12(2)8-13(3)17(16)19-10-14-5-6-15(11-19)20-14/h12-18H,4-11H2,1-3H3. The summed E-state index contributed by atoms with van der Waals surface area (Å²) in [6.45, 7) is 10.7. The maximum absolute atomic E-state index is 6.03. The third-order valence-corrected chi connectivity index (χ3v) is 5.58. The van der Waals surface area contributed by atoms with Crippen LogP contribution in [-0.2, 0) is 4.74 Å². The maximum atomic E-state index is 6.03. The molecule has 0 amide bonds. The molecule has 0 aromatic rings. The second kappa shape index (κ2) is 6.33. The van der Waals surface area contributed by atoms with Crippen LogP contribution in [0, 0.1) is 11.8 Å². The third-order valence-electron chi connectivity index (χ3n) is 5.58. The average Bonchev–Trinajstić information content (AvgIpc) is 2.74. The smallest absolute Gasteiger partial charge is 0.0707 e. The fraction of sp³-hybridized carbons (Fsp3) is 1.00. The van der Waals surface area contributed by atoms with Crippen LogP contribution in [0.4, 0.5) is 0 Å². The van der Waals surface area contributed by atoms with Crippen molar-refractivity contribution in [2.45, 2.75) is 77.2 Å². The summed E-state index contributed by atoms with van der Waals surface area (Å²) in [7, 11) is 0. The van der Waals surface area contributed by atoms with Gasteiger partial charge in [0, 0.05) is 25.2 Å². The third kappa shape index (κ3) is 3.05. The Morgan fingerprint density at radius 2 is 1.80 bits per heavy atom. The van der Waals surface area contributed by atoms with Crippen LogP contribution in [0.5, 0.6) is 0 Å². The largest absolute Gasteiger partial charge is 0.372 e. The fourth-order valence-corrected chi connectivity index (χ4v) is 4.88. The number of hydrogen-bond acceptors (Lipinski definition) is 3. The van der Waals surface area contributed by atoms with E-state index < -0.39 is 0 Å². The molecule has 6 atom stereocenters. The fourth-order valence-electron chi connectivity index (χ4n) is 4.88. The molecular weight excluding hydrogens is 248 g/mol. The highest BCUT2D eigenvalue weighted by Gasteiger charge is 2.42. The maximum Gasteiger partial charge on any atom is 0.0707 e. The van der Waals surface area contributed by atoms with Crippen LogP contribution in [0.25, 0.3) is 0 Å². The van der Waals surface area contributed by atoms with Crippen molar-refractivity contribution in [2.75, 3.05) is 19.6 Å². The summed E-state index contributed by atoms with van der Waals surface area (Å²) < 4.78 is 6.03. The van der Waals surface area contributed by atoms with E-state index in [0.717, 1.165) is 24.4 Å². The number of rotatable bonds is 4. The highest BCUT2D eigenvalue weighted by molar-refractivity contribution is 4.98. The molecule has 2 bridgehead atoms. The Bertz CT molecular complexity index is 310. The van der Waals surface area contributed by atoms with Gasteiger partial charge < -0.3 is 10.1 Å². The van der Waals surface area contributed by atoms with E-state index in [0.29, 0.717) is 18.2 Å². The van der Waals surface area contributed by atoms with Gasteiger partial charge in [-0.1, -0.05) is 20.8 Å². The molecule has 20 heavy (non-hydrogen) atoms. The normalized spacial score (nSPS) is 45.8. The number of nitrogens with zero attached hydrogens (tertiary/aromatic N) is 1. The number of hydrogen-bond donors (Lipinski definition) is 1. The summed E-state index contributed by atoms with van der Waals surface area (Å²) in [6.07, 6.45) is 7.58. The zero-order valence-electron chi connectivity index (χ0n) is 13.5. The van der Waals surface area contributed by atoms with Crippen LogP contribution >= 0.6 is 0 Å². The van der Waals surface area contributed by atoms with Crippen molar-refractivity contribution in [3.05, 3.63) is 0 Å². The first kappa shape index (κ1) is 14.8. The Morgan fingerprint density at radius 3 is 2.45 bits per heavy atom. The number of fused-ring (bicyclic) bond motifs is 2. The number of likely N-dealkylation sites (tertiary alicyclic amines) is 1. The lowest BCUT2D eigenvalue weighted by Gasteiger charge is -2.48. The molecule has 6 unspecified atom stereocenters. The van der Waals surface area contributed by atoms with Gasteiger partial charge in [-0.3, -0.25) is 4.90 Å². The lowest BCUT2D eigenvalue weighted by molar-refractivity contribution is -0.0740. The highest BCUT2D eigenvalue weighted by atomic mass is 16.5. The zero-order valence-corrected chi connectivity index (χ0v) is 13.5. The summed E-state index contributed by atoms with van der Waals surface area (Å²) in [6, 6.07) is 1.41. The molecule has 0 aromatic carbocycles. The number of nitrogens with one attached hydrogen (secondary N) is 1. The van der Waals surface area contributed by atoms with Gasteiger partial charge in [0.2, 0.25) is 0 Å². The number of morpholine rings is 1. The minimum Gasteiger partial charge on any atom is -0.372 e. The first-order valence-electron chi connectivity index (χ1n) is 8.80. The van der Waals surface area contributed by atoms with Crippen molar-refractivity contribution in [1.82, 2.24) is 10.2 Å². The second-order valence-corrected chi connectivity index (χ2v) is 7.52. The van der Waals surface area contributed by atoms with Crippen molar-refractivity contribution in [1.29, 1.82) is 0 Å². The van der Waals surface area contributed by atoms with Gasteiger partial charge in [0.05, 0.1) is 12.2 Å². The van der Waals surface area contributed by atoms with Crippen LogP contribution in [-0.4, -0.2) is 48.8 Å². The van der Waals surface area contributed by atoms with Gasteiger partial charge in [-0.2, -0.15) is 0 Å². The molecule has 3 aliphatic rings. The Hall–Kier alpha value is -0.120. The van der Waals surface area contributed by atoms with Crippen LogP contribution < -0.4 is 5.32 Å². The molecule has 0 aromatic heterocycles. The Kier molecular flexibility index (Phi) is 4.68. The van der Waals surface area contributed by atoms with E-state index in [2.05, 4.69) is 31.0 Å². The molecule has 1 saturated carbocycles. The lowest BCUT2D eigenvalue weighted by Crippen LogP contribution is -2.60. The van der Waals surface area contributed by atoms with Gasteiger partial charge in [-0.25, -0.2) is 0 Å². The second-order valence-electron chi connectivity index (χ2n) is 7.52. The molecule has 3 rings (SSSR count). The molecule has 1 N–H and O–H groups in total. The summed E-state index contributed by atoms with van der Waals surface area (Å²) in [5, 5.41) is 3.85. The minimum atomic E-state index is 0.520. The van der Waals surface area contributed by atoms with E-state index in [1.165, 1.54) is 45.2 Å². The molecule has 1 aliphatic carbocycles. The van der Waals surface area contributed by atoms with Crippen molar-refractivity contribution >= 4 is 0 Å². The van der Waals surface area contributed by atoms with Crippen LogP contribution in [0.3, 0.4) is 0 Å². The Balaban J connectivity index is 1.69. The van der Waals surface area contributed by atoms with Crippen LogP contribution in [0.15, 0.2) is 0 Å². The van der Waals surface area contributed by atoms with Crippen molar-refractivity contribution < 1.29 is 4.74 Å². The van der Waals surface area contributed by atoms with Crippen LogP contribution in [0.2, 0.25) is 0 Å². The lowest BCUT2D eigenvalue weighted by atomic mass is 9.75. The van der Waals surface area contributed by atoms with E-state index in [-0.39, 0.29) is 0 Å². The molecule has 116 valence electrons. The predicted octanol–water partition coefficient (Wildman–Crippen LogP) is 2.65. The predicted molar refractivity (Wildman–Crippen MR) is 82.9 cm³/mol. The summed E-state index contributed by atoms with van der Waals surface area (Å²) in [4.78, 5) is 2.77. The molecule has 2 saturated heterocycles. The van der Waals surface area contributed by atoms with E-state index in [1.807, 2.05) is 0 Å². The summed E-state index contributed by atoms with van der Waals surface area (Å²) >= 11 is 0. The first-order chi connectivity index (χ1) is 9.67. The van der Waals surface area contributed by atoms with Gasteiger partial charge in [-0.15, -0.1) is 0 Å². The molecule has 2 heterocycles. The molecule has 3 nitrogen and oxygen atoms in total. The van der Waals surface area contributed by atoms with Crippen molar-refractivity contribution in [2.24, 2.45) is 11.8 Å². The topological polar surface area (TPSA) is 24.5 Å². The van der Waals surface area contributed by atoms with Gasteiger partial charge in [0.1, 0.15) is 0 Å². The minimum absolute atomic E-state index is 0.520. The van der Waals surface area contributed by atoms with Crippen molar-refractivity contribution in [3.8, 4) is 0 Å². The van der Waals surface area contributed by atoms with Gasteiger partial charge in [-0.05, 0) is 50.5 Å². The summed E-state index contributed by atoms with van der Waals surface area (Å²) in [5.74, 6) is 1.68. The highest BCUT2D eigenvalue weighted by Crippen LogP contribution is 2.36.